The Morgan fingerprint density at radius 3 is 2.41 bits per heavy atom. The molecule has 1 unspecified atom stereocenters. The van der Waals surface area contributed by atoms with Gasteiger partial charge in [0.1, 0.15) is 0 Å². The summed E-state index contributed by atoms with van der Waals surface area (Å²) in [6.07, 6.45) is 1.47. The van der Waals surface area contributed by atoms with Crippen molar-refractivity contribution in [3.8, 4) is 0 Å². The Morgan fingerprint density at radius 1 is 1.24 bits per heavy atom. The summed E-state index contributed by atoms with van der Waals surface area (Å²) in [5.41, 5.74) is 0.690. The first-order valence-corrected chi connectivity index (χ1v) is 6.85. The lowest BCUT2D eigenvalue weighted by Gasteiger charge is -2.10. The third kappa shape index (κ3) is 3.02. The van der Waals surface area contributed by atoms with Gasteiger partial charge in [-0.05, 0) is 38.5 Å². The lowest BCUT2D eigenvalue weighted by atomic mass is 10.1. The molecule has 0 amide bonds. The molecule has 0 aliphatic heterocycles. The smallest absolute Gasteiger partial charge is 0.223 e. The molecule has 0 bridgehead atoms. The van der Waals surface area contributed by atoms with E-state index in [0.717, 1.165) is 0 Å². The molecule has 0 aliphatic carbocycles. The van der Waals surface area contributed by atoms with Crippen LogP contribution >= 0.6 is 0 Å². The predicted molar refractivity (Wildman–Crippen MR) is 65.3 cm³/mol. The molecule has 0 aromatic heterocycles. The fourth-order valence-electron chi connectivity index (χ4n) is 1.38. The maximum Gasteiger partial charge on any atom is 0.235 e. The molecule has 0 heterocycles. The molecule has 1 aromatic carbocycles. The average molecular weight is 253 g/mol. The van der Waals surface area contributed by atoms with E-state index < -0.39 is 15.1 Å². The van der Waals surface area contributed by atoms with Crippen molar-refractivity contribution in [2.24, 2.45) is 4.99 Å². The van der Waals surface area contributed by atoms with E-state index >= 15 is 0 Å². The van der Waals surface area contributed by atoms with Crippen molar-refractivity contribution in [2.75, 3.05) is 0 Å². The average Bonchev–Trinajstić information content (AvgIpc) is 2.29. The van der Waals surface area contributed by atoms with Gasteiger partial charge in [0, 0.05) is 0 Å². The normalized spacial score (nSPS) is 13.2. The molecular formula is C12H15NO3S. The summed E-state index contributed by atoms with van der Waals surface area (Å²) in [7, 11) is -3.29. The molecule has 0 radical (unpaired) electrons. The van der Waals surface area contributed by atoms with Gasteiger partial charge in [0.2, 0.25) is 6.08 Å². The van der Waals surface area contributed by atoms with Crippen molar-refractivity contribution < 1.29 is 13.2 Å². The number of sulfone groups is 1. The van der Waals surface area contributed by atoms with Crippen LogP contribution in [-0.4, -0.2) is 19.7 Å². The minimum Gasteiger partial charge on any atom is -0.223 e. The van der Waals surface area contributed by atoms with E-state index in [2.05, 4.69) is 4.99 Å². The van der Waals surface area contributed by atoms with E-state index in [1.165, 1.54) is 6.08 Å². The van der Waals surface area contributed by atoms with Gasteiger partial charge >= 0.3 is 0 Å². The van der Waals surface area contributed by atoms with Crippen LogP contribution in [0.2, 0.25) is 0 Å². The molecule has 0 aliphatic rings. The number of hydrogen-bond acceptors (Lipinski definition) is 4. The Balaban J connectivity index is 3.23. The van der Waals surface area contributed by atoms with Crippen LogP contribution in [0.1, 0.15) is 32.4 Å². The Hall–Kier alpha value is -1.45. The van der Waals surface area contributed by atoms with Crippen molar-refractivity contribution in [3.05, 3.63) is 29.8 Å². The largest absolute Gasteiger partial charge is 0.235 e. The zero-order chi connectivity index (χ0) is 13.1. The number of hydrogen-bond donors (Lipinski definition) is 0. The molecule has 1 atom stereocenters. The quantitative estimate of drug-likeness (QED) is 0.610. The summed E-state index contributed by atoms with van der Waals surface area (Å²) in [6.45, 7) is 4.98. The van der Waals surface area contributed by atoms with Gasteiger partial charge in [-0.2, -0.15) is 4.99 Å². The van der Waals surface area contributed by atoms with Gasteiger partial charge in [-0.3, -0.25) is 0 Å². The van der Waals surface area contributed by atoms with Gasteiger partial charge in [0.05, 0.1) is 16.2 Å². The second-order valence-corrected chi connectivity index (χ2v) is 6.57. The minimum absolute atomic E-state index is 0.262. The number of rotatable bonds is 4. The summed E-state index contributed by atoms with van der Waals surface area (Å²) in [4.78, 5) is 14.0. The highest BCUT2D eigenvalue weighted by Gasteiger charge is 2.19. The Kier molecular flexibility index (Phi) is 4.21. The van der Waals surface area contributed by atoms with Gasteiger partial charge in [0.25, 0.3) is 0 Å². The molecule has 0 spiro atoms. The third-order valence-electron chi connectivity index (χ3n) is 2.54. The van der Waals surface area contributed by atoms with Crippen LogP contribution < -0.4 is 0 Å². The second kappa shape index (κ2) is 5.25. The molecule has 5 heteroatoms. The van der Waals surface area contributed by atoms with E-state index in [0.29, 0.717) is 5.56 Å². The van der Waals surface area contributed by atoms with Gasteiger partial charge in [0.15, 0.2) is 9.84 Å². The molecular weight excluding hydrogens is 238 g/mol. The van der Waals surface area contributed by atoms with Gasteiger partial charge < -0.3 is 0 Å². The fraction of sp³-hybridized carbons (Fsp3) is 0.417. The van der Waals surface area contributed by atoms with E-state index in [9.17, 15) is 13.2 Å². The van der Waals surface area contributed by atoms with E-state index in [1.807, 2.05) is 0 Å². The Labute approximate surface area is 101 Å². The van der Waals surface area contributed by atoms with Crippen LogP contribution in [0.25, 0.3) is 0 Å². The molecule has 17 heavy (non-hydrogen) atoms. The fourth-order valence-corrected chi connectivity index (χ4v) is 2.49. The predicted octanol–water partition coefficient (Wildman–Crippen LogP) is 2.27. The summed E-state index contributed by atoms with van der Waals surface area (Å²) >= 11 is 0. The van der Waals surface area contributed by atoms with Crippen LogP contribution in [0.5, 0.6) is 0 Å². The van der Waals surface area contributed by atoms with Crippen LogP contribution in [0, 0.1) is 0 Å². The summed E-state index contributed by atoms with van der Waals surface area (Å²) in [5.74, 6) is 0. The molecule has 1 rings (SSSR count). The van der Waals surface area contributed by atoms with Crippen molar-refractivity contribution in [1.82, 2.24) is 0 Å². The van der Waals surface area contributed by atoms with Crippen molar-refractivity contribution in [3.63, 3.8) is 0 Å². The number of benzene rings is 1. The zero-order valence-electron chi connectivity index (χ0n) is 10.0. The lowest BCUT2D eigenvalue weighted by Crippen LogP contribution is -2.14. The Morgan fingerprint density at radius 2 is 1.88 bits per heavy atom. The SMILES string of the molecule is CC(N=C=O)c1cccc(S(=O)(=O)C(C)C)c1. The highest BCUT2D eigenvalue weighted by Crippen LogP contribution is 2.22. The van der Waals surface area contributed by atoms with Crippen molar-refractivity contribution >= 4 is 15.9 Å². The summed E-state index contributed by atoms with van der Waals surface area (Å²) in [5, 5.41) is -0.470. The zero-order valence-corrected chi connectivity index (χ0v) is 10.9. The number of nitrogens with zero attached hydrogens (tertiary/aromatic N) is 1. The van der Waals surface area contributed by atoms with Gasteiger partial charge in [-0.1, -0.05) is 12.1 Å². The molecule has 0 saturated heterocycles. The lowest BCUT2D eigenvalue weighted by molar-refractivity contribution is 0.559. The summed E-state index contributed by atoms with van der Waals surface area (Å²) in [6, 6.07) is 6.12. The summed E-state index contributed by atoms with van der Waals surface area (Å²) < 4.78 is 23.9. The first kappa shape index (κ1) is 13.6. The maximum atomic E-state index is 12.0. The second-order valence-electron chi connectivity index (χ2n) is 4.06. The molecule has 0 saturated carbocycles. The minimum atomic E-state index is -3.29. The highest BCUT2D eigenvalue weighted by atomic mass is 32.2. The maximum absolute atomic E-state index is 12.0. The molecule has 0 N–H and O–H groups in total. The van der Waals surface area contributed by atoms with Gasteiger partial charge in [-0.15, -0.1) is 0 Å². The monoisotopic (exact) mass is 253 g/mol. The van der Waals surface area contributed by atoms with Crippen molar-refractivity contribution in [2.45, 2.75) is 37.0 Å². The van der Waals surface area contributed by atoms with E-state index in [4.69, 9.17) is 0 Å². The molecule has 0 fully saturated rings. The molecule has 4 nitrogen and oxygen atoms in total. The molecule has 1 aromatic rings. The van der Waals surface area contributed by atoms with Crippen LogP contribution in [0.15, 0.2) is 34.2 Å². The standard InChI is InChI=1S/C12H15NO3S/c1-9(2)17(15,16)12-6-4-5-11(7-12)10(3)13-8-14/h4-7,9-10H,1-3H3. The van der Waals surface area contributed by atoms with Crippen molar-refractivity contribution in [1.29, 1.82) is 0 Å². The number of aliphatic imine (C=N–C) groups is 1. The topological polar surface area (TPSA) is 63.6 Å². The van der Waals surface area contributed by atoms with E-state index in [-0.39, 0.29) is 10.9 Å². The van der Waals surface area contributed by atoms with E-state index in [1.54, 1.807) is 45.0 Å². The first-order valence-electron chi connectivity index (χ1n) is 5.30. The van der Waals surface area contributed by atoms with Gasteiger partial charge in [-0.25, -0.2) is 13.2 Å². The number of carbonyl (C=O) groups excluding carboxylic acids is 1. The number of isocyanates is 1. The van der Waals surface area contributed by atoms with Crippen LogP contribution in [0.3, 0.4) is 0 Å². The highest BCUT2D eigenvalue weighted by molar-refractivity contribution is 7.92. The first-order chi connectivity index (χ1) is 7.89. The van der Waals surface area contributed by atoms with Crippen LogP contribution in [-0.2, 0) is 14.6 Å². The Bertz CT molecular complexity index is 543. The third-order valence-corrected chi connectivity index (χ3v) is 4.69. The van der Waals surface area contributed by atoms with Crippen LogP contribution in [0.4, 0.5) is 0 Å². The molecule has 92 valence electrons.